The van der Waals surface area contributed by atoms with E-state index in [0.717, 1.165) is 15.3 Å². The van der Waals surface area contributed by atoms with Crippen molar-refractivity contribution in [3.05, 3.63) is 65.2 Å². The Morgan fingerprint density at radius 3 is 2.51 bits per heavy atom. The van der Waals surface area contributed by atoms with Gasteiger partial charge in [0.15, 0.2) is 6.10 Å². The van der Waals surface area contributed by atoms with Gasteiger partial charge < -0.3 is 10.1 Å². The van der Waals surface area contributed by atoms with Crippen LogP contribution < -0.4 is 5.32 Å². The fourth-order valence-electron chi connectivity index (χ4n) is 3.74. The Bertz CT molecular complexity index is 1430. The lowest BCUT2D eigenvalue weighted by Gasteiger charge is -2.15. The van der Waals surface area contributed by atoms with Crippen LogP contribution in [0, 0.1) is 13.8 Å². The molecule has 0 aliphatic heterocycles. The molecule has 11 heteroatoms. The number of nitrogens with zero attached hydrogens (tertiary/aromatic N) is 4. The Labute approximate surface area is 198 Å². The summed E-state index contributed by atoms with van der Waals surface area (Å²) in [6.45, 7) is 4.67. The average Bonchev–Trinajstić information content (AvgIpc) is 3.23. The summed E-state index contributed by atoms with van der Waals surface area (Å²) in [4.78, 5) is 32.4. The number of ether oxygens (including phenoxy) is 1. The summed E-state index contributed by atoms with van der Waals surface area (Å²) >= 11 is 0. The van der Waals surface area contributed by atoms with E-state index < -0.39 is 30.0 Å². The summed E-state index contributed by atoms with van der Waals surface area (Å²) in [5.74, 6) is -2.56. The third kappa shape index (κ3) is 5.23. The van der Waals surface area contributed by atoms with Gasteiger partial charge in [0.25, 0.3) is 17.5 Å². The molecule has 0 fully saturated rings. The average molecular weight is 485 g/mol. The molecule has 4 rings (SSSR count). The fourth-order valence-corrected chi connectivity index (χ4v) is 3.74. The Morgan fingerprint density at radius 1 is 1.09 bits per heavy atom. The van der Waals surface area contributed by atoms with Crippen molar-refractivity contribution in [3.63, 3.8) is 0 Å². The molecule has 0 radical (unpaired) electrons. The van der Waals surface area contributed by atoms with E-state index in [9.17, 15) is 22.8 Å². The van der Waals surface area contributed by atoms with E-state index in [0.29, 0.717) is 22.6 Å². The molecule has 1 unspecified atom stereocenters. The molecule has 2 aromatic carbocycles. The number of halogens is 3. The second kappa shape index (κ2) is 9.32. The SMILES string of the molecule is Cc1nc2nc(C(F)(F)F)nn2c(C)c1CCC(=O)OC(C)C(=O)Nc1ccc2ccccc2c1. The monoisotopic (exact) mass is 485 g/mol. The van der Waals surface area contributed by atoms with Crippen molar-refractivity contribution < 1.29 is 27.5 Å². The normalized spacial score (nSPS) is 12.6. The molecule has 0 bridgehead atoms. The Hall–Kier alpha value is -4.02. The van der Waals surface area contributed by atoms with Crippen molar-refractivity contribution in [2.75, 3.05) is 5.32 Å². The maximum atomic E-state index is 12.9. The number of amides is 1. The van der Waals surface area contributed by atoms with E-state index >= 15 is 0 Å². The van der Waals surface area contributed by atoms with Crippen LogP contribution in [-0.2, 0) is 26.9 Å². The Balaban J connectivity index is 1.38. The molecule has 1 atom stereocenters. The first-order valence-corrected chi connectivity index (χ1v) is 10.8. The summed E-state index contributed by atoms with van der Waals surface area (Å²) < 4.78 is 45.1. The van der Waals surface area contributed by atoms with Crippen LogP contribution >= 0.6 is 0 Å². The number of esters is 1. The zero-order chi connectivity index (χ0) is 25.3. The van der Waals surface area contributed by atoms with E-state index in [4.69, 9.17) is 4.74 Å². The van der Waals surface area contributed by atoms with E-state index in [-0.39, 0.29) is 18.6 Å². The van der Waals surface area contributed by atoms with Gasteiger partial charge in [-0.15, -0.1) is 5.10 Å². The predicted octanol–water partition coefficient (Wildman–Crippen LogP) is 4.42. The second-order valence-electron chi connectivity index (χ2n) is 8.09. The Kier molecular flexibility index (Phi) is 6.42. The van der Waals surface area contributed by atoms with Crippen molar-refractivity contribution in [2.24, 2.45) is 0 Å². The van der Waals surface area contributed by atoms with Crippen molar-refractivity contribution in [1.82, 2.24) is 19.6 Å². The first kappa shape index (κ1) is 24.1. The number of alkyl halides is 3. The lowest BCUT2D eigenvalue weighted by molar-refractivity contribution is -0.153. The van der Waals surface area contributed by atoms with E-state index in [2.05, 4.69) is 20.4 Å². The topological polar surface area (TPSA) is 98.5 Å². The number of carbonyl (C=O) groups is 2. The maximum Gasteiger partial charge on any atom is 0.453 e. The number of hydrogen-bond acceptors (Lipinski definition) is 6. The van der Waals surface area contributed by atoms with Crippen LogP contribution in [0.3, 0.4) is 0 Å². The van der Waals surface area contributed by atoms with Gasteiger partial charge in [0, 0.05) is 23.5 Å². The molecule has 8 nitrogen and oxygen atoms in total. The molecular weight excluding hydrogens is 463 g/mol. The smallest absolute Gasteiger partial charge is 0.453 e. The number of anilines is 1. The highest BCUT2D eigenvalue weighted by Crippen LogP contribution is 2.27. The highest BCUT2D eigenvalue weighted by Gasteiger charge is 2.37. The molecular formula is C24H22F3N5O3. The van der Waals surface area contributed by atoms with Gasteiger partial charge >= 0.3 is 12.1 Å². The number of fused-ring (bicyclic) bond motifs is 2. The van der Waals surface area contributed by atoms with Gasteiger partial charge in [-0.25, -0.2) is 9.50 Å². The minimum absolute atomic E-state index is 0.0940. The predicted molar refractivity (Wildman–Crippen MR) is 122 cm³/mol. The number of aromatic nitrogens is 4. The number of carbonyl (C=O) groups excluding carboxylic acids is 2. The highest BCUT2D eigenvalue weighted by molar-refractivity contribution is 5.97. The van der Waals surface area contributed by atoms with Crippen molar-refractivity contribution >= 4 is 34.1 Å². The van der Waals surface area contributed by atoms with Crippen LogP contribution in [0.25, 0.3) is 16.6 Å². The first-order chi connectivity index (χ1) is 16.5. The quantitative estimate of drug-likeness (QED) is 0.406. The number of benzene rings is 2. The summed E-state index contributed by atoms with van der Waals surface area (Å²) in [7, 11) is 0. The van der Waals surface area contributed by atoms with Crippen LogP contribution in [0.1, 0.15) is 36.1 Å². The largest absolute Gasteiger partial charge is 0.453 e. The third-order valence-electron chi connectivity index (χ3n) is 5.58. The molecule has 0 aliphatic carbocycles. The summed E-state index contributed by atoms with van der Waals surface area (Å²) in [5.41, 5.74) is 1.96. The van der Waals surface area contributed by atoms with Crippen molar-refractivity contribution in [1.29, 1.82) is 0 Å². The van der Waals surface area contributed by atoms with Gasteiger partial charge in [-0.3, -0.25) is 9.59 Å². The molecule has 35 heavy (non-hydrogen) atoms. The summed E-state index contributed by atoms with van der Waals surface area (Å²) in [5, 5.41) is 8.21. The van der Waals surface area contributed by atoms with Gasteiger partial charge in [-0.05, 0) is 55.7 Å². The molecule has 4 aromatic rings. The van der Waals surface area contributed by atoms with Crippen LogP contribution in [0.4, 0.5) is 18.9 Å². The maximum absolute atomic E-state index is 12.9. The first-order valence-electron chi connectivity index (χ1n) is 10.8. The fraction of sp³-hybridized carbons (Fsp3) is 0.292. The molecule has 0 saturated heterocycles. The van der Waals surface area contributed by atoms with E-state index in [1.165, 1.54) is 6.92 Å². The second-order valence-corrected chi connectivity index (χ2v) is 8.09. The molecule has 1 N–H and O–H groups in total. The minimum atomic E-state index is -4.69. The van der Waals surface area contributed by atoms with Gasteiger partial charge in [-0.1, -0.05) is 30.3 Å². The Morgan fingerprint density at radius 2 is 1.80 bits per heavy atom. The summed E-state index contributed by atoms with van der Waals surface area (Å²) in [6.07, 6.45) is -5.67. The number of nitrogens with one attached hydrogen (secondary N) is 1. The van der Waals surface area contributed by atoms with Gasteiger partial charge in [0.2, 0.25) is 0 Å². The zero-order valence-electron chi connectivity index (χ0n) is 19.2. The van der Waals surface area contributed by atoms with Crippen LogP contribution in [0.5, 0.6) is 0 Å². The molecule has 0 saturated carbocycles. The highest BCUT2D eigenvalue weighted by atomic mass is 19.4. The van der Waals surface area contributed by atoms with Crippen LogP contribution in [0.2, 0.25) is 0 Å². The minimum Gasteiger partial charge on any atom is -0.453 e. The molecule has 0 spiro atoms. The zero-order valence-corrected chi connectivity index (χ0v) is 19.2. The molecule has 1 amide bonds. The standard InChI is InChI=1S/C24H22F3N5O3/c1-13-19(14(2)32-23(28-13)30-22(31-32)24(25,26)27)10-11-20(33)35-15(3)21(34)29-18-9-8-16-6-4-5-7-17(16)12-18/h4-9,12,15H,10-11H2,1-3H3,(H,29,34). The van der Waals surface area contributed by atoms with Crippen LogP contribution in [0.15, 0.2) is 42.5 Å². The number of aryl methyl sites for hydroxylation is 2. The summed E-state index contributed by atoms with van der Waals surface area (Å²) in [6, 6.07) is 13.2. The van der Waals surface area contributed by atoms with Gasteiger partial charge in [-0.2, -0.15) is 18.2 Å². The van der Waals surface area contributed by atoms with E-state index in [1.807, 2.05) is 36.4 Å². The number of hydrogen-bond donors (Lipinski definition) is 1. The molecule has 2 aromatic heterocycles. The molecule has 0 aliphatic rings. The lowest BCUT2D eigenvalue weighted by atomic mass is 10.1. The van der Waals surface area contributed by atoms with Gasteiger partial charge in [0.05, 0.1) is 0 Å². The molecule has 2 heterocycles. The van der Waals surface area contributed by atoms with E-state index in [1.54, 1.807) is 19.9 Å². The van der Waals surface area contributed by atoms with Crippen molar-refractivity contribution in [3.8, 4) is 0 Å². The van der Waals surface area contributed by atoms with Crippen LogP contribution in [-0.4, -0.2) is 37.6 Å². The lowest BCUT2D eigenvalue weighted by Crippen LogP contribution is -2.30. The third-order valence-corrected chi connectivity index (χ3v) is 5.58. The number of rotatable bonds is 6. The van der Waals surface area contributed by atoms with Gasteiger partial charge in [0.1, 0.15) is 0 Å². The van der Waals surface area contributed by atoms with Crippen molar-refractivity contribution in [2.45, 2.75) is 45.9 Å². The molecule has 182 valence electrons.